The molecule has 3 heterocycles. The molecule has 0 unspecified atom stereocenters. The lowest BCUT2D eigenvalue weighted by Crippen LogP contribution is -2.61. The molecule has 2 fully saturated rings. The first kappa shape index (κ1) is 32.0. The highest BCUT2D eigenvalue weighted by Crippen LogP contribution is 2.51. The van der Waals surface area contributed by atoms with Crippen molar-refractivity contribution in [2.24, 2.45) is 0 Å². The van der Waals surface area contributed by atoms with Gasteiger partial charge in [0.1, 0.15) is 48.1 Å². The maximum atomic E-state index is 13.9. The summed E-state index contributed by atoms with van der Waals surface area (Å²) in [6.45, 7) is -0.856. The van der Waals surface area contributed by atoms with Gasteiger partial charge in [0.05, 0.1) is 47.0 Å². The topological polar surface area (TPSA) is 225 Å². The van der Waals surface area contributed by atoms with Gasteiger partial charge in [-0.15, -0.1) is 0 Å². The first-order valence-corrected chi connectivity index (χ1v) is 13.5. The molecule has 0 saturated carbocycles. The first-order valence-electron chi connectivity index (χ1n) is 13.5. The summed E-state index contributed by atoms with van der Waals surface area (Å²) in [6.07, 6.45) is -14.4. The minimum absolute atomic E-state index is 0.0122. The van der Waals surface area contributed by atoms with Gasteiger partial charge in [0.15, 0.2) is 29.0 Å². The van der Waals surface area contributed by atoms with E-state index in [1.54, 1.807) is 12.1 Å². The predicted molar refractivity (Wildman–Crippen MR) is 147 cm³/mol. The summed E-state index contributed by atoms with van der Waals surface area (Å²) in [7, 11) is 5.32. The van der Waals surface area contributed by atoms with Crippen molar-refractivity contribution in [2.45, 2.75) is 55.3 Å². The lowest BCUT2D eigenvalue weighted by Gasteiger charge is -2.41. The number of hydrogen-bond donors (Lipinski definition) is 6. The van der Waals surface area contributed by atoms with Crippen molar-refractivity contribution in [2.75, 3.05) is 41.7 Å². The smallest absolute Gasteiger partial charge is 0.229 e. The van der Waals surface area contributed by atoms with Gasteiger partial charge in [-0.1, -0.05) is 6.07 Å². The highest BCUT2D eigenvalue weighted by Gasteiger charge is 2.47. The highest BCUT2D eigenvalue weighted by atomic mass is 16.7. The largest absolute Gasteiger partial charge is 0.493 e. The van der Waals surface area contributed by atoms with Crippen molar-refractivity contribution in [1.82, 2.24) is 0 Å². The Balaban J connectivity index is 1.56. The first-order chi connectivity index (χ1) is 21.1. The monoisotopic (exact) mass is 626 g/mol. The van der Waals surface area contributed by atoms with E-state index in [1.807, 2.05) is 0 Å². The van der Waals surface area contributed by atoms with E-state index in [1.165, 1.54) is 34.5 Å². The fourth-order valence-corrected chi connectivity index (χ4v) is 5.19. The van der Waals surface area contributed by atoms with Gasteiger partial charge in [-0.3, -0.25) is 4.79 Å². The Hall–Kier alpha value is -3.45. The van der Waals surface area contributed by atoms with E-state index in [2.05, 4.69) is 0 Å². The van der Waals surface area contributed by atoms with Crippen LogP contribution in [0.5, 0.6) is 28.7 Å². The van der Waals surface area contributed by atoms with Crippen molar-refractivity contribution in [3.63, 3.8) is 0 Å². The molecular formula is C28H34O16. The van der Waals surface area contributed by atoms with E-state index < -0.39 is 67.3 Å². The van der Waals surface area contributed by atoms with Gasteiger partial charge >= 0.3 is 0 Å². The van der Waals surface area contributed by atoms with Gasteiger partial charge in [-0.05, 0) is 12.1 Å². The number of aliphatic hydroxyl groups is 6. The molecule has 0 radical (unpaired) electrons. The van der Waals surface area contributed by atoms with Gasteiger partial charge in [-0.25, -0.2) is 0 Å². The quantitative estimate of drug-likeness (QED) is 0.151. The molecule has 242 valence electrons. The number of ether oxygens (including phenoxy) is 8. The van der Waals surface area contributed by atoms with Crippen LogP contribution in [0.4, 0.5) is 0 Å². The average molecular weight is 627 g/mol. The Morgan fingerprint density at radius 1 is 0.750 bits per heavy atom. The van der Waals surface area contributed by atoms with Gasteiger partial charge < -0.3 is 73.0 Å². The molecule has 1 aromatic heterocycles. The predicted octanol–water partition coefficient (Wildman–Crippen LogP) is -1.38. The van der Waals surface area contributed by atoms with Gasteiger partial charge in [0.2, 0.25) is 29.0 Å². The summed E-state index contributed by atoms with van der Waals surface area (Å²) >= 11 is 0. The van der Waals surface area contributed by atoms with Crippen molar-refractivity contribution >= 4 is 21.9 Å². The van der Waals surface area contributed by atoms with Crippen LogP contribution in [0.25, 0.3) is 21.9 Å². The van der Waals surface area contributed by atoms with Crippen molar-refractivity contribution < 1.29 is 73.0 Å². The molecule has 0 spiro atoms. The van der Waals surface area contributed by atoms with Crippen LogP contribution < -0.4 is 29.1 Å². The molecule has 2 aliphatic heterocycles. The summed E-state index contributed by atoms with van der Waals surface area (Å²) in [5.74, 6) is -0.219. The summed E-state index contributed by atoms with van der Waals surface area (Å²) in [5, 5.41) is 61.8. The average Bonchev–Trinajstić information content (AvgIpc) is 3.03. The Morgan fingerprint density at radius 3 is 2.07 bits per heavy atom. The molecule has 0 bridgehead atoms. The zero-order valence-corrected chi connectivity index (χ0v) is 24.1. The van der Waals surface area contributed by atoms with E-state index in [-0.39, 0.29) is 57.3 Å². The van der Waals surface area contributed by atoms with E-state index in [0.29, 0.717) is 0 Å². The number of rotatable bonds is 9. The van der Waals surface area contributed by atoms with Crippen LogP contribution in [0.15, 0.2) is 27.4 Å². The lowest BCUT2D eigenvalue weighted by molar-refractivity contribution is -0.307. The summed E-state index contributed by atoms with van der Waals surface area (Å²) in [4.78, 5) is 13.9. The molecule has 16 nitrogen and oxygen atoms in total. The highest BCUT2D eigenvalue weighted by molar-refractivity contribution is 6.01. The molecule has 9 atom stereocenters. The Morgan fingerprint density at radius 2 is 1.41 bits per heavy atom. The Kier molecular flexibility index (Phi) is 9.36. The third-order valence-corrected chi connectivity index (χ3v) is 7.55. The molecule has 6 N–H and O–H groups in total. The second-order valence-corrected chi connectivity index (χ2v) is 10.1. The minimum Gasteiger partial charge on any atom is -0.493 e. The Bertz CT molecular complexity index is 1540. The number of para-hydroxylation sites is 1. The second-order valence-electron chi connectivity index (χ2n) is 10.1. The van der Waals surface area contributed by atoms with Crippen LogP contribution in [-0.2, 0) is 14.2 Å². The number of hydrogen-bond acceptors (Lipinski definition) is 16. The Labute approximate surface area is 249 Å². The van der Waals surface area contributed by atoms with Crippen LogP contribution in [0.2, 0.25) is 0 Å². The third-order valence-electron chi connectivity index (χ3n) is 7.55. The second kappa shape index (κ2) is 12.9. The molecule has 16 heteroatoms. The maximum Gasteiger partial charge on any atom is 0.229 e. The maximum absolute atomic E-state index is 13.9. The van der Waals surface area contributed by atoms with E-state index in [9.17, 15) is 35.4 Å². The molecular weight excluding hydrogens is 592 g/mol. The number of fused-ring (bicyclic) bond motifs is 2. The minimum atomic E-state index is -1.85. The molecule has 2 saturated heterocycles. The van der Waals surface area contributed by atoms with Crippen molar-refractivity contribution in [3.05, 3.63) is 28.4 Å². The number of methoxy groups -OCH3 is 4. The molecule has 5 rings (SSSR count). The van der Waals surface area contributed by atoms with Crippen molar-refractivity contribution in [1.29, 1.82) is 0 Å². The van der Waals surface area contributed by atoms with Crippen LogP contribution in [-0.4, -0.2) is 128 Å². The lowest BCUT2D eigenvalue weighted by atomic mass is 9.99. The third kappa shape index (κ3) is 5.38. The standard InChI is InChI=1S/C28H34O16/c1-36-12-7-5-6-10-15(30)14-22(43-21(10)12)24(37-2)26(39-4)25(38-3)23(14)44-28-20(35)18(33)17(32)13(42-28)9-41-27-19(34)16(31)11(29)8-40-27/h5-7,11,13,16-20,27-29,31-35H,8-9H2,1-4H3/t11-,13-,16-,17-,18-,19-,20-,27+,28+/m1/s1. The molecule has 3 aromatic rings. The summed E-state index contributed by atoms with van der Waals surface area (Å²) in [5.41, 5.74) is -0.597. The molecule has 0 aliphatic carbocycles. The zero-order valence-electron chi connectivity index (χ0n) is 24.1. The van der Waals surface area contributed by atoms with Gasteiger partial charge in [-0.2, -0.15) is 0 Å². The van der Waals surface area contributed by atoms with Crippen LogP contribution in [0, 0.1) is 0 Å². The van der Waals surface area contributed by atoms with Crippen LogP contribution in [0.3, 0.4) is 0 Å². The molecule has 0 amide bonds. The summed E-state index contributed by atoms with van der Waals surface area (Å²) < 4.78 is 50.5. The number of aliphatic hydroxyl groups excluding tert-OH is 6. The zero-order chi connectivity index (χ0) is 31.9. The van der Waals surface area contributed by atoms with Gasteiger partial charge in [0, 0.05) is 0 Å². The fourth-order valence-electron chi connectivity index (χ4n) is 5.19. The van der Waals surface area contributed by atoms with Crippen LogP contribution in [0.1, 0.15) is 0 Å². The fraction of sp³-hybridized carbons (Fsp3) is 0.536. The van der Waals surface area contributed by atoms with Crippen molar-refractivity contribution in [3.8, 4) is 28.7 Å². The SMILES string of the molecule is COc1c(OC)c(O[C@@H]2O[C@H](CO[C@@H]3OC[C@@H](O)[C@@H](O)[C@H]3O)[C@@H](O)[C@@H](O)[C@H]2O)c2c(=O)c3cccc(OC)c3oc2c1OC. The van der Waals surface area contributed by atoms with E-state index in [0.717, 1.165) is 0 Å². The van der Waals surface area contributed by atoms with E-state index >= 15 is 0 Å². The number of benzene rings is 2. The molecule has 44 heavy (non-hydrogen) atoms. The summed E-state index contributed by atoms with van der Waals surface area (Å²) in [6, 6.07) is 4.70. The van der Waals surface area contributed by atoms with Gasteiger partial charge in [0.25, 0.3) is 0 Å². The van der Waals surface area contributed by atoms with E-state index in [4.69, 9.17) is 42.3 Å². The molecule has 2 aromatic carbocycles. The van der Waals surface area contributed by atoms with Crippen LogP contribution >= 0.6 is 0 Å². The molecule has 2 aliphatic rings. The normalized spacial score (nSPS) is 30.7.